The van der Waals surface area contributed by atoms with Crippen molar-refractivity contribution in [2.45, 2.75) is 77.4 Å². The molecule has 0 spiro atoms. The number of piperidine rings is 1. The molecule has 1 aliphatic carbocycles. The highest BCUT2D eigenvalue weighted by Crippen LogP contribution is 2.26. The van der Waals surface area contributed by atoms with E-state index in [1.807, 2.05) is 27.5 Å². The average Bonchev–Trinajstić information content (AvgIpc) is 3.56. The minimum absolute atomic E-state index is 0.0146. The van der Waals surface area contributed by atoms with Crippen LogP contribution < -0.4 is 21.3 Å². The second-order valence-corrected chi connectivity index (χ2v) is 11.3. The molecule has 1 amide bonds. The topological polar surface area (TPSA) is 131 Å². The van der Waals surface area contributed by atoms with Crippen LogP contribution in [0.3, 0.4) is 0 Å². The molecule has 4 aromatic rings. The molecule has 4 N–H and O–H groups in total. The lowest BCUT2D eigenvalue weighted by molar-refractivity contribution is -0.119. The van der Waals surface area contributed by atoms with Crippen LogP contribution >= 0.6 is 0 Å². The molecule has 40 heavy (non-hydrogen) atoms. The number of nitrogens with two attached hydrogens (primary N) is 1. The van der Waals surface area contributed by atoms with Crippen LogP contribution in [0.4, 0.5) is 11.9 Å². The first-order valence-corrected chi connectivity index (χ1v) is 14.3. The number of aryl methyl sites for hydroxylation is 1. The fraction of sp³-hybridized carbons (Fsp3) is 0.483. The van der Waals surface area contributed by atoms with Gasteiger partial charge in [0, 0.05) is 50.4 Å². The van der Waals surface area contributed by atoms with E-state index in [4.69, 9.17) is 20.8 Å². The van der Waals surface area contributed by atoms with Crippen molar-refractivity contribution < 1.29 is 4.79 Å². The molecule has 3 aromatic heterocycles. The Morgan fingerprint density at radius 3 is 2.73 bits per heavy atom. The van der Waals surface area contributed by atoms with E-state index in [0.29, 0.717) is 24.4 Å². The Bertz CT molecular complexity index is 1510. The van der Waals surface area contributed by atoms with Gasteiger partial charge in [0.05, 0.1) is 17.6 Å². The lowest BCUT2D eigenvalue weighted by Gasteiger charge is -2.30. The predicted molar refractivity (Wildman–Crippen MR) is 155 cm³/mol. The lowest BCUT2D eigenvalue weighted by Crippen LogP contribution is -2.40. The number of amides is 1. The molecule has 0 saturated carbocycles. The Labute approximate surface area is 234 Å². The van der Waals surface area contributed by atoms with Gasteiger partial charge in [-0.05, 0) is 55.2 Å². The largest absolute Gasteiger partial charge is 0.353 e. The molecule has 1 aromatic carbocycles. The van der Waals surface area contributed by atoms with Crippen LogP contribution in [0.2, 0.25) is 0 Å². The molecule has 0 radical (unpaired) electrons. The van der Waals surface area contributed by atoms with Gasteiger partial charge >= 0.3 is 0 Å². The third kappa shape index (κ3) is 5.25. The Morgan fingerprint density at radius 2 is 1.95 bits per heavy atom. The minimum Gasteiger partial charge on any atom is -0.353 e. The quantitative estimate of drug-likeness (QED) is 0.325. The summed E-state index contributed by atoms with van der Waals surface area (Å²) >= 11 is 0. The molecule has 0 bridgehead atoms. The van der Waals surface area contributed by atoms with Crippen molar-refractivity contribution in [3.63, 3.8) is 0 Å². The van der Waals surface area contributed by atoms with Gasteiger partial charge in [0.2, 0.25) is 17.8 Å². The van der Waals surface area contributed by atoms with E-state index in [9.17, 15) is 4.79 Å². The first kappa shape index (κ1) is 26.2. The molecule has 11 nitrogen and oxygen atoms in total. The summed E-state index contributed by atoms with van der Waals surface area (Å²) in [5.74, 6) is 1.68. The molecule has 1 saturated heterocycles. The maximum Gasteiger partial charge on any atom is 0.230 e. The van der Waals surface area contributed by atoms with Gasteiger partial charge < -0.3 is 21.3 Å². The first-order chi connectivity index (χ1) is 19.4. The summed E-state index contributed by atoms with van der Waals surface area (Å²) in [7, 11) is 0. The average molecular weight is 543 g/mol. The fourth-order valence-electron chi connectivity index (χ4n) is 5.74. The van der Waals surface area contributed by atoms with Crippen molar-refractivity contribution in [1.82, 2.24) is 34.7 Å². The third-order valence-corrected chi connectivity index (χ3v) is 7.98. The zero-order valence-electron chi connectivity index (χ0n) is 23.5. The van der Waals surface area contributed by atoms with Gasteiger partial charge in [-0.15, -0.1) is 0 Å². The molecule has 2 aliphatic rings. The van der Waals surface area contributed by atoms with Crippen LogP contribution in [-0.2, 0) is 24.2 Å². The molecular weight excluding hydrogens is 504 g/mol. The summed E-state index contributed by atoms with van der Waals surface area (Å²) in [6, 6.07) is 8.67. The minimum atomic E-state index is 0.0146. The number of benzene rings is 1. The number of hydrogen-bond acceptors (Lipinski definition) is 8. The van der Waals surface area contributed by atoms with Gasteiger partial charge in [0.15, 0.2) is 5.65 Å². The summed E-state index contributed by atoms with van der Waals surface area (Å²) in [5, 5.41) is 16.2. The number of anilines is 2. The number of rotatable bonds is 7. The molecule has 4 heterocycles. The van der Waals surface area contributed by atoms with Gasteiger partial charge in [-0.2, -0.15) is 24.7 Å². The molecule has 210 valence electrons. The van der Waals surface area contributed by atoms with Crippen LogP contribution in [0.25, 0.3) is 11.3 Å². The summed E-state index contributed by atoms with van der Waals surface area (Å²) in [6.45, 7) is 8.12. The summed E-state index contributed by atoms with van der Waals surface area (Å²) < 4.78 is 3.78. The molecule has 1 fully saturated rings. The van der Waals surface area contributed by atoms with Gasteiger partial charge in [0.25, 0.3) is 0 Å². The number of carbonyl (C=O) groups is 1. The van der Waals surface area contributed by atoms with Crippen LogP contribution in [0.5, 0.6) is 0 Å². The van der Waals surface area contributed by atoms with E-state index in [2.05, 4.69) is 52.8 Å². The highest BCUT2D eigenvalue weighted by atomic mass is 16.1. The Morgan fingerprint density at radius 1 is 1.15 bits per heavy atom. The highest BCUT2D eigenvalue weighted by molar-refractivity contribution is 5.73. The van der Waals surface area contributed by atoms with E-state index in [-0.39, 0.29) is 18.0 Å². The fourth-order valence-corrected chi connectivity index (χ4v) is 5.74. The second-order valence-electron chi connectivity index (χ2n) is 11.3. The van der Waals surface area contributed by atoms with Crippen LogP contribution in [0, 0.1) is 0 Å². The number of nitrogens with zero attached hydrogens (tertiary/aromatic N) is 7. The van der Waals surface area contributed by atoms with Crippen molar-refractivity contribution in [3.8, 4) is 5.69 Å². The second kappa shape index (κ2) is 10.9. The maximum absolute atomic E-state index is 11.6. The number of nitrogens with one attached hydrogen (secondary N) is 2. The van der Waals surface area contributed by atoms with Crippen LogP contribution in [0.15, 0.2) is 36.7 Å². The number of para-hydroxylation sites is 1. The van der Waals surface area contributed by atoms with Crippen molar-refractivity contribution in [3.05, 3.63) is 59.0 Å². The first-order valence-electron chi connectivity index (χ1n) is 14.3. The molecule has 1 aliphatic heterocycles. The Balaban J connectivity index is 1.28. The van der Waals surface area contributed by atoms with E-state index >= 15 is 0 Å². The molecular formula is C29H38N10O. The molecule has 1 atom stereocenters. The molecule has 11 heteroatoms. The SMILES string of the molecule is CC(=O)NC1CCc2nn(-c3ccccc3CNc3nc(N4CCC(N)CC4)nc4c(C(C)C)cnn34)cc2C1. The number of carbonyl (C=O) groups excluding carboxylic acids is 1. The third-order valence-electron chi connectivity index (χ3n) is 7.98. The van der Waals surface area contributed by atoms with E-state index < -0.39 is 0 Å². The van der Waals surface area contributed by atoms with Crippen molar-refractivity contribution in [2.75, 3.05) is 23.3 Å². The maximum atomic E-state index is 11.6. The summed E-state index contributed by atoms with van der Waals surface area (Å²) in [6.07, 6.45) is 8.42. The van der Waals surface area contributed by atoms with Gasteiger partial charge in [0.1, 0.15) is 0 Å². The zero-order valence-corrected chi connectivity index (χ0v) is 23.5. The normalized spacial score (nSPS) is 17.8. The lowest BCUT2D eigenvalue weighted by atomic mass is 9.93. The van der Waals surface area contributed by atoms with Crippen molar-refractivity contribution in [2.24, 2.45) is 5.73 Å². The standard InChI is InChI=1S/C29H38N10O/c1-18(2)24-16-32-39-27(24)34-29(37-12-10-22(30)11-13-37)35-28(39)31-15-20-6-4-5-7-26(20)38-17-21-14-23(33-19(3)40)8-9-25(21)36-38/h4-7,16-18,22-23H,8-15,30H2,1-3H3,(H,33,40)(H,31,34,35). The van der Waals surface area contributed by atoms with E-state index in [1.54, 1.807) is 6.92 Å². The number of fused-ring (bicyclic) bond motifs is 2. The summed E-state index contributed by atoms with van der Waals surface area (Å²) in [5.41, 5.74) is 12.5. The van der Waals surface area contributed by atoms with Gasteiger partial charge in [-0.1, -0.05) is 32.0 Å². The summed E-state index contributed by atoms with van der Waals surface area (Å²) in [4.78, 5) is 23.7. The predicted octanol–water partition coefficient (Wildman–Crippen LogP) is 2.97. The Hall–Kier alpha value is -3.99. The van der Waals surface area contributed by atoms with Crippen LogP contribution in [0.1, 0.15) is 68.3 Å². The molecule has 6 rings (SSSR count). The Kier molecular flexibility index (Phi) is 7.14. The van der Waals surface area contributed by atoms with Crippen molar-refractivity contribution in [1.29, 1.82) is 0 Å². The number of hydrogen-bond donors (Lipinski definition) is 3. The molecule has 1 unspecified atom stereocenters. The number of aromatic nitrogens is 6. The smallest absolute Gasteiger partial charge is 0.230 e. The zero-order chi connectivity index (χ0) is 27.8. The van der Waals surface area contributed by atoms with Crippen molar-refractivity contribution >= 4 is 23.5 Å². The van der Waals surface area contributed by atoms with E-state index in [1.165, 1.54) is 5.56 Å². The van der Waals surface area contributed by atoms with Gasteiger partial charge in [-0.3, -0.25) is 4.79 Å². The van der Waals surface area contributed by atoms with Gasteiger partial charge in [-0.25, -0.2) is 4.68 Å². The highest BCUT2D eigenvalue weighted by Gasteiger charge is 2.24. The van der Waals surface area contributed by atoms with Crippen LogP contribution in [-0.4, -0.2) is 60.4 Å². The van der Waals surface area contributed by atoms with E-state index in [0.717, 1.165) is 73.3 Å². The monoisotopic (exact) mass is 542 g/mol.